The number of likely N-dealkylation sites (tertiary alicyclic amines) is 1. The molecular weight excluding hydrogens is 408 g/mol. The van der Waals surface area contributed by atoms with E-state index in [1.165, 1.54) is 9.71 Å². The number of hydrogen-bond donors (Lipinski definition) is 0. The number of methoxy groups -OCH3 is 1. The van der Waals surface area contributed by atoms with Crippen LogP contribution in [0.15, 0.2) is 61.2 Å². The predicted molar refractivity (Wildman–Crippen MR) is 126 cm³/mol. The number of para-hydroxylation sites is 1. The molecule has 3 aromatic rings. The van der Waals surface area contributed by atoms with E-state index in [0.717, 1.165) is 37.0 Å². The van der Waals surface area contributed by atoms with Crippen LogP contribution in [0.4, 0.5) is 0 Å². The number of hydrogen-bond acceptors (Lipinski definition) is 5. The first kappa shape index (κ1) is 21.1. The van der Waals surface area contributed by atoms with Crippen LogP contribution in [0.1, 0.15) is 29.3 Å². The molecule has 0 unspecified atom stereocenters. The third kappa shape index (κ3) is 4.97. The van der Waals surface area contributed by atoms with Gasteiger partial charge in [0.25, 0.3) is 0 Å². The fourth-order valence-electron chi connectivity index (χ4n) is 3.74. The summed E-state index contributed by atoms with van der Waals surface area (Å²) in [7, 11) is 1.60. The molecule has 5 nitrogen and oxygen atoms in total. The van der Waals surface area contributed by atoms with Gasteiger partial charge < -0.3 is 14.4 Å². The van der Waals surface area contributed by atoms with Gasteiger partial charge in [0.1, 0.15) is 6.61 Å². The van der Waals surface area contributed by atoms with Crippen molar-refractivity contribution in [1.82, 2.24) is 9.88 Å². The van der Waals surface area contributed by atoms with Crippen molar-refractivity contribution in [3.05, 3.63) is 71.8 Å². The Kier molecular flexibility index (Phi) is 6.67. The minimum atomic E-state index is 0.0358. The Labute approximate surface area is 186 Å². The van der Waals surface area contributed by atoms with Crippen LogP contribution in [0.25, 0.3) is 16.3 Å². The highest BCUT2D eigenvalue weighted by Gasteiger charge is 2.25. The van der Waals surface area contributed by atoms with Crippen molar-refractivity contribution in [2.24, 2.45) is 0 Å². The molecule has 0 radical (unpaired) electrons. The summed E-state index contributed by atoms with van der Waals surface area (Å²) >= 11 is 1.77. The summed E-state index contributed by atoms with van der Waals surface area (Å²) in [5.74, 6) is 1.75. The first-order valence-corrected chi connectivity index (χ1v) is 11.2. The lowest BCUT2D eigenvalue weighted by molar-refractivity contribution is -0.126. The van der Waals surface area contributed by atoms with Crippen molar-refractivity contribution in [2.45, 2.75) is 18.8 Å². The van der Waals surface area contributed by atoms with Crippen molar-refractivity contribution in [3.8, 4) is 11.5 Å². The summed E-state index contributed by atoms with van der Waals surface area (Å²) in [4.78, 5) is 19.4. The number of thiazole rings is 1. The van der Waals surface area contributed by atoms with Gasteiger partial charge in [0, 0.05) is 25.1 Å². The van der Waals surface area contributed by atoms with Gasteiger partial charge >= 0.3 is 0 Å². The predicted octanol–water partition coefficient (Wildman–Crippen LogP) is 5.29. The number of carbonyl (C=O) groups excluding carboxylic acids is 1. The number of amides is 1. The number of ether oxygens (including phenoxy) is 2. The van der Waals surface area contributed by atoms with Crippen molar-refractivity contribution in [1.29, 1.82) is 0 Å². The van der Waals surface area contributed by atoms with Crippen LogP contribution >= 0.6 is 11.3 Å². The molecule has 1 aromatic heterocycles. The molecule has 6 heteroatoms. The summed E-state index contributed by atoms with van der Waals surface area (Å²) in [5.41, 5.74) is 1.96. The Morgan fingerprint density at radius 1 is 1.23 bits per heavy atom. The maximum absolute atomic E-state index is 12.7. The highest BCUT2D eigenvalue weighted by molar-refractivity contribution is 7.18. The molecule has 1 aliphatic rings. The second kappa shape index (κ2) is 9.79. The Bertz CT molecular complexity index is 1060. The summed E-state index contributed by atoms with van der Waals surface area (Å²) in [6.07, 6.45) is 7.04. The molecule has 0 aliphatic carbocycles. The van der Waals surface area contributed by atoms with Gasteiger partial charge in [-0.25, -0.2) is 4.98 Å². The van der Waals surface area contributed by atoms with Gasteiger partial charge in [-0.3, -0.25) is 4.79 Å². The molecule has 0 N–H and O–H groups in total. The van der Waals surface area contributed by atoms with Crippen molar-refractivity contribution >= 4 is 33.5 Å². The van der Waals surface area contributed by atoms with Gasteiger partial charge in [0.15, 0.2) is 11.5 Å². The minimum Gasteiger partial charge on any atom is -0.493 e. The molecule has 2 aromatic carbocycles. The van der Waals surface area contributed by atoms with Gasteiger partial charge in [0.2, 0.25) is 5.91 Å². The molecule has 1 saturated heterocycles. The maximum Gasteiger partial charge on any atom is 0.246 e. The SMILES string of the molecule is C=CCOc1ccc(/C=C/C(=O)N2CCC(c3nc4ccccc4s3)CC2)cc1OC. The van der Waals surface area contributed by atoms with Crippen molar-refractivity contribution in [2.75, 3.05) is 26.8 Å². The quantitative estimate of drug-likeness (QED) is 0.375. The average molecular weight is 435 g/mol. The molecule has 0 atom stereocenters. The number of fused-ring (bicyclic) bond motifs is 1. The zero-order chi connectivity index (χ0) is 21.6. The van der Waals surface area contributed by atoms with Crippen LogP contribution in [-0.2, 0) is 4.79 Å². The van der Waals surface area contributed by atoms with Gasteiger partial charge in [0.05, 0.1) is 22.3 Å². The Hall–Kier alpha value is -3.12. The molecular formula is C25H26N2O3S. The highest BCUT2D eigenvalue weighted by atomic mass is 32.1. The van der Waals surface area contributed by atoms with Crippen molar-refractivity contribution < 1.29 is 14.3 Å². The molecule has 1 aliphatic heterocycles. The van der Waals surface area contributed by atoms with E-state index in [0.29, 0.717) is 24.0 Å². The molecule has 1 fully saturated rings. The molecule has 31 heavy (non-hydrogen) atoms. The number of carbonyl (C=O) groups is 1. The monoisotopic (exact) mass is 434 g/mol. The van der Waals surface area contributed by atoms with Crippen LogP contribution in [-0.4, -0.2) is 42.6 Å². The molecule has 1 amide bonds. The van der Waals surface area contributed by atoms with Crippen LogP contribution in [0, 0.1) is 0 Å². The minimum absolute atomic E-state index is 0.0358. The topological polar surface area (TPSA) is 51.7 Å². The number of aromatic nitrogens is 1. The fourth-order valence-corrected chi connectivity index (χ4v) is 4.88. The normalized spacial score (nSPS) is 14.8. The fraction of sp³-hybridized carbons (Fsp3) is 0.280. The van der Waals surface area contributed by atoms with E-state index >= 15 is 0 Å². The van der Waals surface area contributed by atoms with E-state index in [1.807, 2.05) is 35.2 Å². The second-order valence-electron chi connectivity index (χ2n) is 7.46. The number of rotatable bonds is 7. The van der Waals surface area contributed by atoms with Gasteiger partial charge in [-0.2, -0.15) is 0 Å². The van der Waals surface area contributed by atoms with Gasteiger partial charge in [-0.1, -0.05) is 30.9 Å². The lowest BCUT2D eigenvalue weighted by Gasteiger charge is -2.30. The molecule has 0 spiro atoms. The molecule has 0 bridgehead atoms. The lowest BCUT2D eigenvalue weighted by Crippen LogP contribution is -2.36. The van der Waals surface area contributed by atoms with Gasteiger partial charge in [-0.15, -0.1) is 11.3 Å². The number of nitrogens with zero attached hydrogens (tertiary/aromatic N) is 2. The van der Waals surface area contributed by atoms with Gasteiger partial charge in [-0.05, 0) is 48.7 Å². The lowest BCUT2D eigenvalue weighted by atomic mass is 9.97. The number of piperidine rings is 1. The van der Waals surface area contributed by atoms with Crippen LogP contribution in [0.2, 0.25) is 0 Å². The molecule has 0 saturated carbocycles. The van der Waals surface area contributed by atoms with E-state index in [1.54, 1.807) is 30.6 Å². The van der Waals surface area contributed by atoms with Crippen LogP contribution < -0.4 is 9.47 Å². The third-order valence-corrected chi connectivity index (χ3v) is 6.63. The Morgan fingerprint density at radius 2 is 2.03 bits per heavy atom. The van der Waals surface area contributed by atoms with E-state index in [4.69, 9.17) is 14.5 Å². The second-order valence-corrected chi connectivity index (χ2v) is 8.52. The first-order valence-electron chi connectivity index (χ1n) is 10.4. The Morgan fingerprint density at radius 3 is 2.77 bits per heavy atom. The van der Waals surface area contributed by atoms with E-state index in [2.05, 4.69) is 24.8 Å². The van der Waals surface area contributed by atoms with Crippen LogP contribution in [0.5, 0.6) is 11.5 Å². The zero-order valence-corrected chi connectivity index (χ0v) is 18.4. The third-order valence-electron chi connectivity index (χ3n) is 5.43. The van der Waals surface area contributed by atoms with Crippen molar-refractivity contribution in [3.63, 3.8) is 0 Å². The van der Waals surface area contributed by atoms with Crippen LogP contribution in [0.3, 0.4) is 0 Å². The summed E-state index contributed by atoms with van der Waals surface area (Å²) in [5, 5.41) is 1.19. The maximum atomic E-state index is 12.7. The smallest absolute Gasteiger partial charge is 0.246 e. The molecule has 160 valence electrons. The number of benzene rings is 2. The van der Waals surface area contributed by atoms with E-state index < -0.39 is 0 Å². The zero-order valence-electron chi connectivity index (χ0n) is 17.6. The average Bonchev–Trinajstić information content (AvgIpc) is 3.26. The molecule has 4 rings (SSSR count). The highest BCUT2D eigenvalue weighted by Crippen LogP contribution is 2.34. The standard InChI is InChI=1S/C25H26N2O3S/c1-3-16-30-21-10-8-18(17-22(21)29-2)9-11-24(28)27-14-12-19(13-15-27)25-26-20-6-4-5-7-23(20)31-25/h3-11,17,19H,1,12-16H2,2H3/b11-9+. The van der Waals surface area contributed by atoms with E-state index in [9.17, 15) is 4.79 Å². The Balaban J connectivity index is 1.35. The summed E-state index contributed by atoms with van der Waals surface area (Å²) in [6.45, 7) is 5.57. The summed E-state index contributed by atoms with van der Waals surface area (Å²) in [6, 6.07) is 13.9. The first-order chi connectivity index (χ1) is 15.2. The van der Waals surface area contributed by atoms with E-state index in [-0.39, 0.29) is 5.91 Å². The summed E-state index contributed by atoms with van der Waals surface area (Å²) < 4.78 is 12.2. The largest absolute Gasteiger partial charge is 0.493 e. The molecule has 2 heterocycles.